The predicted octanol–water partition coefficient (Wildman–Crippen LogP) is 4.02. The van der Waals surface area contributed by atoms with Gasteiger partial charge in [0.05, 0.1) is 5.92 Å². The first-order chi connectivity index (χ1) is 10.7. The van der Waals surface area contributed by atoms with E-state index in [2.05, 4.69) is 0 Å². The van der Waals surface area contributed by atoms with Crippen molar-refractivity contribution in [3.63, 3.8) is 0 Å². The molecule has 1 aromatic carbocycles. The number of carbonyl (C=O) groups excluding carboxylic acids is 2. The van der Waals surface area contributed by atoms with Gasteiger partial charge in [0.25, 0.3) is 0 Å². The Morgan fingerprint density at radius 3 is 2.17 bits per heavy atom. The van der Waals surface area contributed by atoms with Crippen molar-refractivity contribution in [1.82, 2.24) is 0 Å². The van der Waals surface area contributed by atoms with Crippen molar-refractivity contribution in [3.8, 4) is 0 Å². The molecular formula is C19H29NO3. The fourth-order valence-corrected chi connectivity index (χ4v) is 2.70. The van der Waals surface area contributed by atoms with Crippen LogP contribution >= 0.6 is 0 Å². The summed E-state index contributed by atoms with van der Waals surface area (Å²) in [5, 5.41) is 0. The van der Waals surface area contributed by atoms with E-state index in [1.807, 2.05) is 66.7 Å². The average molecular weight is 319 g/mol. The molecule has 1 aliphatic rings. The van der Waals surface area contributed by atoms with Crippen LogP contribution in [0.4, 0.5) is 5.69 Å². The van der Waals surface area contributed by atoms with E-state index in [0.717, 1.165) is 16.8 Å². The molecule has 0 radical (unpaired) electrons. The molecule has 1 aromatic rings. The summed E-state index contributed by atoms with van der Waals surface area (Å²) in [5.74, 6) is -0.677. The van der Waals surface area contributed by atoms with E-state index in [4.69, 9.17) is 4.74 Å². The summed E-state index contributed by atoms with van der Waals surface area (Å²) >= 11 is 0. The van der Waals surface area contributed by atoms with E-state index < -0.39 is 5.60 Å². The van der Waals surface area contributed by atoms with Gasteiger partial charge in [-0.25, -0.2) is 0 Å². The molecule has 128 valence electrons. The summed E-state index contributed by atoms with van der Waals surface area (Å²) in [6.07, 6.45) is 0.225. The van der Waals surface area contributed by atoms with Crippen LogP contribution in [0.25, 0.3) is 0 Å². The summed E-state index contributed by atoms with van der Waals surface area (Å²) < 4.78 is 5.40. The van der Waals surface area contributed by atoms with E-state index in [0.29, 0.717) is 6.54 Å². The van der Waals surface area contributed by atoms with Gasteiger partial charge in [-0.05, 0) is 45.7 Å². The molecule has 0 spiro atoms. The molecule has 23 heavy (non-hydrogen) atoms. The van der Waals surface area contributed by atoms with E-state index in [-0.39, 0.29) is 24.2 Å². The smallest absolute Gasteiger partial charge is 0.311 e. The van der Waals surface area contributed by atoms with Crippen LogP contribution in [0.15, 0.2) is 18.2 Å². The van der Waals surface area contributed by atoms with Crippen molar-refractivity contribution in [1.29, 1.82) is 0 Å². The standard InChI is InChI=1S/C17H23NO3.C2H6/c1-11-7-6-8-12(2)15(11)18-10-13(9-14(18)19)16(20)21-17(3,4)5;1-2/h6-8,13H,9-10H2,1-5H3;1-2H3. The number of ether oxygens (including phenoxy) is 1. The van der Waals surface area contributed by atoms with Gasteiger partial charge < -0.3 is 9.64 Å². The topological polar surface area (TPSA) is 46.6 Å². The molecule has 0 bridgehead atoms. The maximum Gasteiger partial charge on any atom is 0.311 e. The van der Waals surface area contributed by atoms with E-state index in [1.54, 1.807) is 4.90 Å². The van der Waals surface area contributed by atoms with Gasteiger partial charge in [-0.3, -0.25) is 9.59 Å². The molecule has 0 aromatic heterocycles. The summed E-state index contributed by atoms with van der Waals surface area (Å²) in [7, 11) is 0. The highest BCUT2D eigenvalue weighted by Gasteiger charge is 2.38. The number of hydrogen-bond acceptors (Lipinski definition) is 3. The maximum absolute atomic E-state index is 12.3. The number of aryl methyl sites for hydroxylation is 2. The number of benzene rings is 1. The van der Waals surface area contributed by atoms with E-state index >= 15 is 0 Å². The monoisotopic (exact) mass is 319 g/mol. The normalized spacial score (nSPS) is 17.6. The van der Waals surface area contributed by atoms with Crippen LogP contribution in [0.3, 0.4) is 0 Å². The number of nitrogens with zero attached hydrogens (tertiary/aromatic N) is 1. The van der Waals surface area contributed by atoms with E-state index in [1.165, 1.54) is 0 Å². The minimum atomic E-state index is -0.522. The van der Waals surface area contributed by atoms with Crippen LogP contribution in [-0.2, 0) is 14.3 Å². The number of amides is 1. The minimum Gasteiger partial charge on any atom is -0.460 e. The zero-order valence-electron chi connectivity index (χ0n) is 15.4. The lowest BCUT2D eigenvalue weighted by atomic mass is 10.1. The zero-order chi connectivity index (χ0) is 17.8. The van der Waals surface area contributed by atoms with Crippen molar-refractivity contribution in [3.05, 3.63) is 29.3 Å². The molecule has 2 rings (SSSR count). The molecule has 1 aliphatic heterocycles. The minimum absolute atomic E-state index is 0.0109. The highest BCUT2D eigenvalue weighted by molar-refractivity contribution is 6.00. The molecule has 4 nitrogen and oxygen atoms in total. The molecule has 0 saturated carbocycles. The lowest BCUT2D eigenvalue weighted by molar-refractivity contribution is -0.159. The zero-order valence-corrected chi connectivity index (χ0v) is 15.4. The van der Waals surface area contributed by atoms with Crippen LogP contribution in [0.2, 0.25) is 0 Å². The number of rotatable bonds is 2. The van der Waals surface area contributed by atoms with Crippen LogP contribution in [0.5, 0.6) is 0 Å². The molecule has 1 saturated heterocycles. The van der Waals surface area contributed by atoms with Gasteiger partial charge in [-0.15, -0.1) is 0 Å². The molecule has 0 aliphatic carbocycles. The highest BCUT2D eigenvalue weighted by atomic mass is 16.6. The van der Waals surface area contributed by atoms with Crippen molar-refractivity contribution < 1.29 is 14.3 Å². The molecule has 1 heterocycles. The second-order valence-electron chi connectivity index (χ2n) is 6.68. The molecule has 1 unspecified atom stereocenters. The van der Waals surface area contributed by atoms with Gasteiger partial charge in [-0.1, -0.05) is 32.0 Å². The number of carbonyl (C=O) groups is 2. The molecule has 1 fully saturated rings. The molecule has 1 amide bonds. The highest BCUT2D eigenvalue weighted by Crippen LogP contribution is 2.31. The van der Waals surface area contributed by atoms with Gasteiger partial charge in [0.2, 0.25) is 5.91 Å². The Kier molecular flexibility index (Phi) is 6.37. The summed E-state index contributed by atoms with van der Waals surface area (Å²) in [4.78, 5) is 26.2. The van der Waals surface area contributed by atoms with Crippen molar-refractivity contribution in [2.24, 2.45) is 5.92 Å². The van der Waals surface area contributed by atoms with Crippen LogP contribution in [-0.4, -0.2) is 24.0 Å². The van der Waals surface area contributed by atoms with Crippen molar-refractivity contribution in [2.45, 2.75) is 60.5 Å². The molecule has 0 N–H and O–H groups in total. The van der Waals surface area contributed by atoms with Crippen LogP contribution < -0.4 is 4.90 Å². The number of esters is 1. The third-order valence-electron chi connectivity index (χ3n) is 3.57. The van der Waals surface area contributed by atoms with Crippen LogP contribution in [0.1, 0.15) is 52.2 Å². The third kappa shape index (κ3) is 4.81. The van der Waals surface area contributed by atoms with Gasteiger partial charge in [-0.2, -0.15) is 0 Å². The van der Waals surface area contributed by atoms with Gasteiger partial charge in [0.15, 0.2) is 0 Å². The summed E-state index contributed by atoms with van der Waals surface area (Å²) in [6.45, 7) is 13.9. The summed E-state index contributed by atoms with van der Waals surface area (Å²) in [5.41, 5.74) is 2.50. The quantitative estimate of drug-likeness (QED) is 0.773. The first kappa shape index (κ1) is 19.2. The first-order valence-corrected chi connectivity index (χ1v) is 8.28. The fraction of sp³-hybridized carbons (Fsp3) is 0.579. The second-order valence-corrected chi connectivity index (χ2v) is 6.68. The number of para-hydroxylation sites is 1. The number of hydrogen-bond donors (Lipinski definition) is 0. The maximum atomic E-state index is 12.3. The van der Waals surface area contributed by atoms with Gasteiger partial charge in [0.1, 0.15) is 5.60 Å². The Labute approximate surface area is 139 Å². The Hall–Kier alpha value is -1.84. The molecule has 4 heteroatoms. The van der Waals surface area contributed by atoms with Crippen molar-refractivity contribution in [2.75, 3.05) is 11.4 Å². The first-order valence-electron chi connectivity index (χ1n) is 8.28. The molecular weight excluding hydrogens is 290 g/mol. The Morgan fingerprint density at radius 1 is 1.17 bits per heavy atom. The SMILES string of the molecule is CC.Cc1cccc(C)c1N1CC(C(=O)OC(C)(C)C)CC1=O. The summed E-state index contributed by atoms with van der Waals surface area (Å²) in [6, 6.07) is 5.94. The second kappa shape index (κ2) is 7.62. The largest absolute Gasteiger partial charge is 0.460 e. The Balaban J connectivity index is 0.00000127. The third-order valence-corrected chi connectivity index (χ3v) is 3.57. The van der Waals surface area contributed by atoms with Gasteiger partial charge >= 0.3 is 5.97 Å². The Morgan fingerprint density at radius 2 is 1.70 bits per heavy atom. The molecule has 1 atom stereocenters. The predicted molar refractivity (Wildman–Crippen MR) is 93.6 cm³/mol. The lowest BCUT2D eigenvalue weighted by Gasteiger charge is -2.23. The Bertz CT molecular complexity index is 552. The lowest BCUT2D eigenvalue weighted by Crippen LogP contribution is -2.31. The van der Waals surface area contributed by atoms with E-state index in [9.17, 15) is 9.59 Å². The van der Waals surface area contributed by atoms with Gasteiger partial charge in [0, 0.05) is 18.7 Å². The van der Waals surface area contributed by atoms with Crippen molar-refractivity contribution >= 4 is 17.6 Å². The average Bonchev–Trinajstić information content (AvgIpc) is 2.81. The fourth-order valence-electron chi connectivity index (χ4n) is 2.70. The van der Waals surface area contributed by atoms with Crippen LogP contribution in [0, 0.1) is 19.8 Å². The number of anilines is 1.